The van der Waals surface area contributed by atoms with Gasteiger partial charge in [0, 0.05) is 20.2 Å². The third kappa shape index (κ3) is 8.16. The van der Waals surface area contributed by atoms with Crippen LogP contribution in [0.25, 0.3) is 0 Å². The Balaban J connectivity index is 1.89. The molecule has 0 N–H and O–H groups in total. The fraction of sp³-hybridized carbons (Fsp3) is 0.545. The minimum absolute atomic E-state index is 0.0975. The normalized spacial score (nSPS) is 22.5. The van der Waals surface area contributed by atoms with Crippen LogP contribution in [-0.2, 0) is 14.3 Å². The van der Waals surface area contributed by atoms with Crippen molar-refractivity contribution in [2.45, 2.75) is 64.4 Å². The summed E-state index contributed by atoms with van der Waals surface area (Å²) in [6.45, 7) is 9.05. The lowest BCUT2D eigenvalue weighted by Crippen LogP contribution is -2.34. The van der Waals surface area contributed by atoms with Gasteiger partial charge in [0.15, 0.2) is 0 Å². The van der Waals surface area contributed by atoms with E-state index in [9.17, 15) is 19.7 Å². The molecule has 0 amide bonds. The average Bonchev–Trinajstić information content (AvgIpc) is 2.67. The molecule has 1 aliphatic carbocycles. The molecule has 2 atom stereocenters. The lowest BCUT2D eigenvalue weighted by Gasteiger charge is -2.30. The summed E-state index contributed by atoms with van der Waals surface area (Å²) in [5.74, 6) is -0.0468. The van der Waals surface area contributed by atoms with Crippen molar-refractivity contribution in [2.24, 2.45) is 5.41 Å². The number of carbonyl (C=O) groups excluding carboxylic acids is 2. The minimum Gasteiger partial charge on any atom is -0.466 e. The van der Waals surface area contributed by atoms with Gasteiger partial charge in [0.2, 0.25) is 0 Å². The second-order valence-electron chi connectivity index (χ2n) is 9.27. The second kappa shape index (κ2) is 10.6. The number of hydrogen-bond donors (Lipinski definition) is 0. The molecular formula is C22H31NO7Si. The third-order valence-corrected chi connectivity index (χ3v) is 6.97. The van der Waals surface area contributed by atoms with Gasteiger partial charge in [-0.1, -0.05) is 25.7 Å². The number of esters is 1. The van der Waals surface area contributed by atoms with E-state index in [1.807, 2.05) is 13.0 Å². The molecule has 2 rings (SSSR count). The maximum absolute atomic E-state index is 12.7. The van der Waals surface area contributed by atoms with Crippen LogP contribution in [0.4, 0.5) is 10.5 Å². The van der Waals surface area contributed by atoms with Crippen LogP contribution >= 0.6 is 0 Å². The number of benzene rings is 1. The van der Waals surface area contributed by atoms with Gasteiger partial charge in [-0.15, -0.1) is 0 Å². The first-order valence-electron chi connectivity index (χ1n) is 10.5. The molecule has 0 radical (unpaired) electrons. The van der Waals surface area contributed by atoms with Gasteiger partial charge in [0.25, 0.3) is 5.69 Å². The number of allylic oxidation sites excluding steroid dienone is 1. The number of nitro groups is 1. The number of hydrogen-bond acceptors (Lipinski definition) is 7. The zero-order chi connectivity index (χ0) is 23.1. The molecule has 8 nitrogen and oxygen atoms in total. The lowest BCUT2D eigenvalue weighted by molar-refractivity contribution is -0.384. The van der Waals surface area contributed by atoms with Crippen molar-refractivity contribution in [3.8, 4) is 5.75 Å². The standard InChI is InChI=1S/C22H31NO7Si/c1-22(20(24)28-15-16-31(2,3)4)13-6-5-7-18(12-14-22)29-21(25)30-19-10-8-17(9-11-19)23(26)27/h5,7-11,18H,6,12-16H2,1-4H3/b7-5+/t18-,22+/m0/s1. The summed E-state index contributed by atoms with van der Waals surface area (Å²) in [5.41, 5.74) is -0.728. The maximum Gasteiger partial charge on any atom is 0.514 e. The van der Waals surface area contributed by atoms with Crippen LogP contribution in [0, 0.1) is 15.5 Å². The molecule has 9 heteroatoms. The van der Waals surface area contributed by atoms with Gasteiger partial charge < -0.3 is 14.2 Å². The number of nitrogens with zero attached hydrogens (tertiary/aromatic N) is 1. The molecule has 31 heavy (non-hydrogen) atoms. The highest BCUT2D eigenvalue weighted by Crippen LogP contribution is 2.34. The molecule has 0 saturated heterocycles. The Morgan fingerprint density at radius 3 is 2.48 bits per heavy atom. The molecule has 0 fully saturated rings. The number of ether oxygens (including phenoxy) is 3. The van der Waals surface area contributed by atoms with Crippen molar-refractivity contribution in [2.75, 3.05) is 6.61 Å². The SMILES string of the molecule is C[C@@]1(C(=O)OCC[Si](C)(C)C)CC/C=C/[C@H](OC(=O)Oc2ccc([N+](=O)[O-])cc2)CC1. The molecule has 0 saturated carbocycles. The lowest BCUT2D eigenvalue weighted by atomic mass is 9.79. The Bertz CT molecular complexity index is 816. The number of carbonyl (C=O) groups is 2. The molecule has 0 bridgehead atoms. The van der Waals surface area contributed by atoms with Gasteiger partial charge in [-0.25, -0.2) is 4.79 Å². The summed E-state index contributed by atoms with van der Waals surface area (Å²) in [7, 11) is -1.28. The zero-order valence-corrected chi connectivity index (χ0v) is 19.6. The predicted molar refractivity (Wildman–Crippen MR) is 119 cm³/mol. The van der Waals surface area contributed by atoms with E-state index in [0.717, 1.165) is 6.04 Å². The van der Waals surface area contributed by atoms with Gasteiger partial charge >= 0.3 is 12.1 Å². The number of rotatable bonds is 7. The zero-order valence-electron chi connectivity index (χ0n) is 18.6. The van der Waals surface area contributed by atoms with Crippen LogP contribution in [0.2, 0.25) is 25.7 Å². The van der Waals surface area contributed by atoms with E-state index >= 15 is 0 Å². The van der Waals surface area contributed by atoms with E-state index in [2.05, 4.69) is 19.6 Å². The topological polar surface area (TPSA) is 105 Å². The Hall–Kier alpha value is -2.68. The van der Waals surface area contributed by atoms with Crippen LogP contribution in [0.15, 0.2) is 36.4 Å². The van der Waals surface area contributed by atoms with Crippen molar-refractivity contribution in [1.82, 2.24) is 0 Å². The third-order valence-electron chi connectivity index (χ3n) is 5.27. The first kappa shape index (κ1) is 24.6. The van der Waals surface area contributed by atoms with E-state index < -0.39 is 30.7 Å². The monoisotopic (exact) mass is 449 g/mol. The van der Waals surface area contributed by atoms with Crippen LogP contribution in [0.5, 0.6) is 5.75 Å². The second-order valence-corrected chi connectivity index (χ2v) is 14.9. The molecule has 0 heterocycles. The van der Waals surface area contributed by atoms with Crippen LogP contribution in [-0.4, -0.2) is 37.8 Å². The predicted octanol–water partition coefficient (Wildman–Crippen LogP) is 5.50. The Labute approximate surface area is 183 Å². The van der Waals surface area contributed by atoms with Crippen molar-refractivity contribution in [1.29, 1.82) is 0 Å². The fourth-order valence-electron chi connectivity index (χ4n) is 3.14. The van der Waals surface area contributed by atoms with E-state index in [4.69, 9.17) is 14.2 Å². The molecular weight excluding hydrogens is 418 g/mol. The molecule has 0 unspecified atom stereocenters. The Kier molecular flexibility index (Phi) is 8.38. The summed E-state index contributed by atoms with van der Waals surface area (Å²) in [5, 5.41) is 10.7. The summed E-state index contributed by atoms with van der Waals surface area (Å²) >= 11 is 0. The van der Waals surface area contributed by atoms with Crippen molar-refractivity contribution in [3.05, 3.63) is 46.5 Å². The van der Waals surface area contributed by atoms with Gasteiger partial charge in [0.1, 0.15) is 11.9 Å². The summed E-state index contributed by atoms with van der Waals surface area (Å²) in [6, 6.07) is 6.09. The summed E-state index contributed by atoms with van der Waals surface area (Å²) in [4.78, 5) is 35.0. The van der Waals surface area contributed by atoms with E-state index in [1.165, 1.54) is 24.3 Å². The Morgan fingerprint density at radius 1 is 1.19 bits per heavy atom. The van der Waals surface area contributed by atoms with Gasteiger partial charge in [-0.2, -0.15) is 0 Å². The van der Waals surface area contributed by atoms with Crippen LogP contribution < -0.4 is 4.74 Å². The van der Waals surface area contributed by atoms with E-state index in [-0.39, 0.29) is 17.4 Å². The Morgan fingerprint density at radius 2 is 1.87 bits per heavy atom. The molecule has 0 aliphatic heterocycles. The molecule has 1 aromatic rings. The first-order chi connectivity index (χ1) is 14.5. The number of non-ortho nitro benzene ring substituents is 1. The van der Waals surface area contributed by atoms with Crippen molar-refractivity contribution < 1.29 is 28.7 Å². The first-order valence-corrected chi connectivity index (χ1v) is 14.2. The highest BCUT2D eigenvalue weighted by Gasteiger charge is 2.36. The highest BCUT2D eigenvalue weighted by atomic mass is 28.3. The molecule has 1 aromatic carbocycles. The summed E-state index contributed by atoms with van der Waals surface area (Å²) < 4.78 is 16.1. The van der Waals surface area contributed by atoms with Crippen LogP contribution in [0.3, 0.4) is 0 Å². The smallest absolute Gasteiger partial charge is 0.466 e. The van der Waals surface area contributed by atoms with Gasteiger partial charge in [-0.3, -0.25) is 14.9 Å². The quantitative estimate of drug-likeness (QED) is 0.135. The molecule has 0 aromatic heterocycles. The van der Waals surface area contributed by atoms with Crippen LogP contribution in [0.1, 0.15) is 32.6 Å². The highest BCUT2D eigenvalue weighted by molar-refractivity contribution is 6.76. The molecule has 1 aliphatic rings. The fourth-order valence-corrected chi connectivity index (χ4v) is 3.85. The van der Waals surface area contributed by atoms with Gasteiger partial charge in [-0.05, 0) is 56.9 Å². The molecule has 0 spiro atoms. The molecule has 170 valence electrons. The van der Waals surface area contributed by atoms with Crippen molar-refractivity contribution in [3.63, 3.8) is 0 Å². The summed E-state index contributed by atoms with van der Waals surface area (Å²) in [6.07, 6.45) is 4.61. The minimum atomic E-state index is -1.28. The van der Waals surface area contributed by atoms with E-state index in [0.29, 0.717) is 32.3 Å². The maximum atomic E-state index is 12.7. The van der Waals surface area contributed by atoms with Gasteiger partial charge in [0.05, 0.1) is 16.9 Å². The largest absolute Gasteiger partial charge is 0.514 e. The average molecular weight is 450 g/mol. The van der Waals surface area contributed by atoms with E-state index in [1.54, 1.807) is 6.08 Å². The number of nitro benzene ring substituents is 1. The van der Waals surface area contributed by atoms with Crippen molar-refractivity contribution >= 4 is 25.9 Å².